The number of pyridine rings is 2. The molecule has 0 radical (unpaired) electrons. The standard InChI is InChI=1S/C22H24F6N4O4.C12H8F6N4.ClH/c1-19(2,3)35-17(33)32(18(34)36-20(4,5)6)11-12-7-14(31-15(8-12)21(23,24)25)13-9-29-16(30-10-13)22(26,27)28;13-11(14,15)9-2-6(3-19)1-8(22-9)7-4-20-10(21-5-7)12(16,17)18;/h7-10H,11H2,1-6H3;1-2,4-5H,3,19H2;1H. The molecule has 2 N–H and O–H groups in total. The average Bonchev–Trinajstić information content (AvgIpc) is 3.07. The maximum Gasteiger partial charge on any atom is 0.451 e. The molecule has 4 aromatic rings. The molecule has 324 valence electrons. The lowest BCUT2D eigenvalue weighted by Crippen LogP contribution is -2.43. The maximum absolute atomic E-state index is 13.5. The third kappa shape index (κ3) is 15.1. The molecular formula is C34H33ClF12N8O4. The first-order valence-corrected chi connectivity index (χ1v) is 16.2. The zero-order valence-electron chi connectivity index (χ0n) is 31.3. The largest absolute Gasteiger partial charge is 0.451 e. The quantitative estimate of drug-likeness (QED) is 0.190. The van der Waals surface area contributed by atoms with Gasteiger partial charge in [-0.1, -0.05) is 0 Å². The predicted molar refractivity (Wildman–Crippen MR) is 184 cm³/mol. The Bertz CT molecular complexity index is 2040. The van der Waals surface area contributed by atoms with Crippen LogP contribution in [0.4, 0.5) is 62.3 Å². The molecule has 0 aliphatic heterocycles. The van der Waals surface area contributed by atoms with Crippen LogP contribution in [0.15, 0.2) is 49.1 Å². The first-order valence-electron chi connectivity index (χ1n) is 16.2. The fourth-order valence-corrected chi connectivity index (χ4v) is 4.20. The van der Waals surface area contributed by atoms with Gasteiger partial charge in [0.25, 0.3) is 0 Å². The summed E-state index contributed by atoms with van der Waals surface area (Å²) in [6.07, 6.45) is -18.7. The number of alkyl halides is 12. The number of ether oxygens (including phenoxy) is 2. The molecule has 59 heavy (non-hydrogen) atoms. The van der Waals surface area contributed by atoms with E-state index in [4.69, 9.17) is 15.2 Å². The van der Waals surface area contributed by atoms with Crippen LogP contribution in [-0.4, -0.2) is 58.2 Å². The number of nitrogens with two attached hydrogens (primary N) is 1. The van der Waals surface area contributed by atoms with Gasteiger partial charge in [-0.25, -0.2) is 44.4 Å². The molecule has 0 saturated heterocycles. The Hall–Kier alpha value is -5.39. The van der Waals surface area contributed by atoms with E-state index in [-0.39, 0.29) is 46.9 Å². The number of amides is 2. The molecule has 2 amide bonds. The predicted octanol–water partition coefficient (Wildman–Crippen LogP) is 9.71. The number of aromatic nitrogens is 6. The van der Waals surface area contributed by atoms with Gasteiger partial charge in [0, 0.05) is 42.5 Å². The minimum absolute atomic E-state index is 0. The second-order valence-electron chi connectivity index (χ2n) is 13.8. The molecule has 4 aromatic heterocycles. The number of halogens is 13. The van der Waals surface area contributed by atoms with Crippen LogP contribution in [-0.2, 0) is 47.3 Å². The summed E-state index contributed by atoms with van der Waals surface area (Å²) in [6, 6.07) is 3.66. The number of hydrogen-bond donors (Lipinski definition) is 1. The second-order valence-corrected chi connectivity index (χ2v) is 13.8. The first-order chi connectivity index (χ1) is 26.3. The van der Waals surface area contributed by atoms with Gasteiger partial charge in [0.05, 0.1) is 17.9 Å². The van der Waals surface area contributed by atoms with Crippen LogP contribution in [0, 0.1) is 0 Å². The number of hydrogen-bond acceptors (Lipinski definition) is 11. The first kappa shape index (κ1) is 49.8. The van der Waals surface area contributed by atoms with Crippen molar-refractivity contribution in [2.75, 3.05) is 0 Å². The fourth-order valence-electron chi connectivity index (χ4n) is 4.20. The van der Waals surface area contributed by atoms with Crippen molar-refractivity contribution in [1.82, 2.24) is 34.8 Å². The molecule has 4 rings (SSSR count). The zero-order valence-corrected chi connectivity index (χ0v) is 32.1. The van der Waals surface area contributed by atoms with Gasteiger partial charge in [-0.05, 0) is 76.9 Å². The van der Waals surface area contributed by atoms with Crippen molar-refractivity contribution < 1.29 is 71.7 Å². The van der Waals surface area contributed by atoms with Crippen LogP contribution < -0.4 is 5.73 Å². The molecule has 12 nitrogen and oxygen atoms in total. The van der Waals surface area contributed by atoms with Gasteiger partial charge in [0.1, 0.15) is 22.6 Å². The minimum Gasteiger partial charge on any atom is -0.443 e. The van der Waals surface area contributed by atoms with E-state index in [2.05, 4.69) is 29.9 Å². The summed E-state index contributed by atoms with van der Waals surface area (Å²) >= 11 is 0. The van der Waals surface area contributed by atoms with E-state index in [0.29, 0.717) is 23.4 Å². The summed E-state index contributed by atoms with van der Waals surface area (Å²) in [5.74, 6) is -2.87. The lowest BCUT2D eigenvalue weighted by Gasteiger charge is -2.28. The average molecular weight is 881 g/mol. The Balaban J connectivity index is 0.000000446. The van der Waals surface area contributed by atoms with Crippen LogP contribution in [0.1, 0.15) is 75.7 Å². The Morgan fingerprint density at radius 3 is 1.17 bits per heavy atom. The van der Waals surface area contributed by atoms with Crippen molar-refractivity contribution in [3.8, 4) is 22.5 Å². The Morgan fingerprint density at radius 2 is 0.881 bits per heavy atom. The van der Waals surface area contributed by atoms with Gasteiger partial charge in [-0.15, -0.1) is 12.4 Å². The van der Waals surface area contributed by atoms with E-state index in [1.165, 1.54) is 47.6 Å². The summed E-state index contributed by atoms with van der Waals surface area (Å²) in [7, 11) is 0. The molecule has 0 bridgehead atoms. The summed E-state index contributed by atoms with van der Waals surface area (Å²) in [5, 5.41) is 0. The van der Waals surface area contributed by atoms with Crippen molar-refractivity contribution in [3.63, 3.8) is 0 Å². The van der Waals surface area contributed by atoms with E-state index in [0.717, 1.165) is 24.5 Å². The molecule has 4 heterocycles. The molecule has 0 fully saturated rings. The van der Waals surface area contributed by atoms with Crippen LogP contribution in [0.3, 0.4) is 0 Å². The lowest BCUT2D eigenvalue weighted by atomic mass is 10.1. The lowest BCUT2D eigenvalue weighted by molar-refractivity contribution is -0.145. The Kier molecular flexibility index (Phi) is 15.4. The molecule has 0 aliphatic rings. The SMILES string of the molecule is CC(C)(C)OC(=O)N(Cc1cc(-c2cnc(C(F)(F)F)nc2)nc(C(F)(F)F)c1)C(=O)OC(C)(C)C.Cl.NCc1cc(-c2cnc(C(F)(F)F)nc2)nc(C(F)(F)F)c1. The van der Waals surface area contributed by atoms with Crippen molar-refractivity contribution in [1.29, 1.82) is 0 Å². The van der Waals surface area contributed by atoms with Gasteiger partial charge in [-0.3, -0.25) is 0 Å². The Labute approximate surface area is 333 Å². The topological polar surface area (TPSA) is 159 Å². The summed E-state index contributed by atoms with van der Waals surface area (Å²) in [5.41, 5.74) is -0.439. The minimum atomic E-state index is -4.96. The number of rotatable bonds is 5. The summed E-state index contributed by atoms with van der Waals surface area (Å²) < 4.78 is 165. The van der Waals surface area contributed by atoms with E-state index in [1.807, 2.05) is 0 Å². The number of imide groups is 1. The van der Waals surface area contributed by atoms with E-state index >= 15 is 0 Å². The highest BCUT2D eigenvalue weighted by molar-refractivity contribution is 5.88. The summed E-state index contributed by atoms with van der Waals surface area (Å²) in [4.78, 5) is 45.1. The number of nitrogens with zero attached hydrogens (tertiary/aromatic N) is 7. The number of carbonyl (C=O) groups excluding carboxylic acids is 2. The highest BCUT2D eigenvalue weighted by atomic mass is 35.5. The van der Waals surface area contributed by atoms with Crippen LogP contribution in [0.2, 0.25) is 0 Å². The second kappa shape index (κ2) is 18.3. The monoisotopic (exact) mass is 880 g/mol. The van der Waals surface area contributed by atoms with Crippen molar-refractivity contribution in [3.05, 3.63) is 83.2 Å². The summed E-state index contributed by atoms with van der Waals surface area (Å²) in [6.45, 7) is 8.24. The molecule has 0 unspecified atom stereocenters. The third-order valence-corrected chi connectivity index (χ3v) is 6.56. The molecule has 0 spiro atoms. The maximum atomic E-state index is 13.5. The molecule has 0 saturated carbocycles. The molecular weight excluding hydrogens is 848 g/mol. The third-order valence-electron chi connectivity index (χ3n) is 6.56. The van der Waals surface area contributed by atoms with Crippen molar-refractivity contribution in [2.45, 2.75) is 90.5 Å². The normalized spacial score (nSPS) is 12.5. The van der Waals surface area contributed by atoms with E-state index in [9.17, 15) is 62.3 Å². The van der Waals surface area contributed by atoms with Gasteiger partial charge >= 0.3 is 36.9 Å². The van der Waals surface area contributed by atoms with Crippen molar-refractivity contribution >= 4 is 24.6 Å². The molecule has 0 aromatic carbocycles. The molecule has 25 heteroatoms. The highest BCUT2D eigenvalue weighted by Crippen LogP contribution is 2.34. The number of carbonyl (C=O) groups is 2. The van der Waals surface area contributed by atoms with E-state index in [1.54, 1.807) is 0 Å². The van der Waals surface area contributed by atoms with Gasteiger partial charge in [0.2, 0.25) is 11.6 Å². The van der Waals surface area contributed by atoms with Gasteiger partial charge in [-0.2, -0.15) is 52.7 Å². The zero-order chi connectivity index (χ0) is 44.2. The smallest absolute Gasteiger partial charge is 0.443 e. The van der Waals surface area contributed by atoms with Gasteiger partial charge in [0.15, 0.2) is 0 Å². The van der Waals surface area contributed by atoms with Crippen molar-refractivity contribution in [2.24, 2.45) is 5.73 Å². The van der Waals surface area contributed by atoms with Crippen LogP contribution >= 0.6 is 12.4 Å². The Morgan fingerprint density at radius 1 is 0.559 bits per heavy atom. The van der Waals surface area contributed by atoms with Crippen LogP contribution in [0.5, 0.6) is 0 Å². The van der Waals surface area contributed by atoms with Gasteiger partial charge < -0.3 is 15.2 Å². The molecule has 0 aliphatic carbocycles. The van der Waals surface area contributed by atoms with E-state index < -0.39 is 83.4 Å². The highest BCUT2D eigenvalue weighted by Gasteiger charge is 2.38. The fraction of sp³-hybridized carbons (Fsp3) is 0.412. The molecule has 0 atom stereocenters. The van der Waals surface area contributed by atoms with Crippen LogP contribution in [0.25, 0.3) is 22.5 Å².